The summed E-state index contributed by atoms with van der Waals surface area (Å²) in [6, 6.07) is 7.05. The number of benzene rings is 1. The second kappa shape index (κ2) is 5.65. The van der Waals surface area contributed by atoms with Gasteiger partial charge in [0.25, 0.3) is 0 Å². The van der Waals surface area contributed by atoms with Crippen molar-refractivity contribution < 1.29 is 0 Å². The van der Waals surface area contributed by atoms with Crippen LogP contribution in [-0.2, 0) is 0 Å². The van der Waals surface area contributed by atoms with Crippen LogP contribution in [-0.4, -0.2) is 13.6 Å². The topological polar surface area (TPSA) is 38.0 Å². The minimum absolute atomic E-state index is 0.172. The monoisotopic (exact) mass is 234 g/mol. The van der Waals surface area contributed by atoms with Gasteiger partial charge in [-0.3, -0.25) is 0 Å². The third kappa shape index (κ3) is 3.83. The Morgan fingerprint density at radius 2 is 1.94 bits per heavy atom. The number of nitrogens with one attached hydrogen (secondary N) is 1. The molecular weight excluding hydrogens is 208 g/mol. The first kappa shape index (κ1) is 14.2. The molecule has 0 aromatic heterocycles. The first-order valence-corrected chi connectivity index (χ1v) is 6.34. The van der Waals surface area contributed by atoms with Gasteiger partial charge in [-0.25, -0.2) is 0 Å². The van der Waals surface area contributed by atoms with E-state index in [0.717, 1.165) is 13.0 Å². The molecule has 0 heterocycles. The maximum absolute atomic E-state index is 5.82. The zero-order valence-corrected chi connectivity index (χ0v) is 11.8. The van der Waals surface area contributed by atoms with Gasteiger partial charge >= 0.3 is 0 Å². The van der Waals surface area contributed by atoms with Crippen LogP contribution in [0.15, 0.2) is 18.2 Å². The Balaban J connectivity index is 2.94. The van der Waals surface area contributed by atoms with Crippen molar-refractivity contribution in [2.45, 2.75) is 40.2 Å². The average Bonchev–Trinajstić information content (AvgIpc) is 2.26. The maximum atomic E-state index is 5.82. The predicted molar refractivity (Wildman–Crippen MR) is 75.2 cm³/mol. The van der Waals surface area contributed by atoms with Gasteiger partial charge in [-0.2, -0.15) is 0 Å². The van der Waals surface area contributed by atoms with Gasteiger partial charge in [0.05, 0.1) is 0 Å². The first-order chi connectivity index (χ1) is 7.89. The highest BCUT2D eigenvalue weighted by Gasteiger charge is 2.22. The second-order valence-corrected chi connectivity index (χ2v) is 5.77. The Morgan fingerprint density at radius 1 is 1.29 bits per heavy atom. The highest BCUT2D eigenvalue weighted by atomic mass is 14.9. The molecule has 0 radical (unpaired) electrons. The van der Waals surface area contributed by atoms with Crippen LogP contribution >= 0.6 is 0 Å². The third-order valence-electron chi connectivity index (χ3n) is 3.46. The van der Waals surface area contributed by atoms with E-state index in [2.05, 4.69) is 51.2 Å². The van der Waals surface area contributed by atoms with Gasteiger partial charge in [0.2, 0.25) is 0 Å². The van der Waals surface area contributed by atoms with E-state index in [-0.39, 0.29) is 5.41 Å². The first-order valence-electron chi connectivity index (χ1n) is 6.34. The summed E-state index contributed by atoms with van der Waals surface area (Å²) >= 11 is 0. The van der Waals surface area contributed by atoms with Crippen molar-refractivity contribution in [3.63, 3.8) is 0 Å². The van der Waals surface area contributed by atoms with Gasteiger partial charge in [-0.15, -0.1) is 0 Å². The molecule has 0 saturated carbocycles. The van der Waals surface area contributed by atoms with Crippen molar-refractivity contribution in [3.05, 3.63) is 34.9 Å². The Labute approximate surface area is 106 Å². The molecule has 1 atom stereocenters. The molecule has 0 bridgehead atoms. The minimum atomic E-state index is 0.172. The molecule has 0 aliphatic rings. The van der Waals surface area contributed by atoms with E-state index in [4.69, 9.17) is 5.73 Å². The number of nitrogens with two attached hydrogens (primary N) is 1. The van der Waals surface area contributed by atoms with E-state index >= 15 is 0 Å². The van der Waals surface area contributed by atoms with E-state index in [9.17, 15) is 0 Å². The molecule has 2 nitrogen and oxygen atoms in total. The number of aryl methyl sites for hydroxylation is 2. The van der Waals surface area contributed by atoms with E-state index < -0.39 is 0 Å². The van der Waals surface area contributed by atoms with Crippen molar-refractivity contribution >= 4 is 0 Å². The highest BCUT2D eigenvalue weighted by Crippen LogP contribution is 2.30. The molecule has 17 heavy (non-hydrogen) atoms. The standard InChI is InChI=1S/C15H26N2/c1-11-6-7-13(12(2)8-11)14(17-5)9-15(3,4)10-16/h6-8,14,17H,9-10,16H2,1-5H3. The Hall–Kier alpha value is -0.860. The highest BCUT2D eigenvalue weighted by molar-refractivity contribution is 5.32. The average molecular weight is 234 g/mol. The lowest BCUT2D eigenvalue weighted by molar-refractivity contribution is 0.298. The summed E-state index contributed by atoms with van der Waals surface area (Å²) in [5.74, 6) is 0. The Morgan fingerprint density at radius 3 is 2.41 bits per heavy atom. The summed E-state index contributed by atoms with van der Waals surface area (Å²) in [5.41, 5.74) is 10.1. The summed E-state index contributed by atoms with van der Waals surface area (Å²) in [7, 11) is 2.02. The molecule has 96 valence electrons. The van der Waals surface area contributed by atoms with E-state index in [1.807, 2.05) is 7.05 Å². The van der Waals surface area contributed by atoms with Crippen molar-refractivity contribution in [1.29, 1.82) is 0 Å². The molecule has 3 N–H and O–H groups in total. The van der Waals surface area contributed by atoms with Crippen LogP contribution in [0.4, 0.5) is 0 Å². The fraction of sp³-hybridized carbons (Fsp3) is 0.600. The van der Waals surface area contributed by atoms with Crippen LogP contribution in [0.2, 0.25) is 0 Å². The normalized spacial score (nSPS) is 13.8. The van der Waals surface area contributed by atoms with Gasteiger partial charge in [0, 0.05) is 6.04 Å². The Kier molecular flexibility index (Phi) is 4.72. The number of hydrogen-bond acceptors (Lipinski definition) is 2. The predicted octanol–water partition coefficient (Wildman–Crippen LogP) is 2.94. The van der Waals surface area contributed by atoms with Crippen molar-refractivity contribution in [1.82, 2.24) is 5.32 Å². The van der Waals surface area contributed by atoms with E-state index in [1.165, 1.54) is 16.7 Å². The van der Waals surface area contributed by atoms with Gasteiger partial charge in [0.15, 0.2) is 0 Å². The summed E-state index contributed by atoms with van der Waals surface area (Å²) < 4.78 is 0. The molecule has 1 rings (SSSR count). The molecule has 1 aromatic carbocycles. The van der Waals surface area contributed by atoms with Crippen LogP contribution < -0.4 is 11.1 Å². The third-order valence-corrected chi connectivity index (χ3v) is 3.46. The van der Waals surface area contributed by atoms with Gasteiger partial charge in [-0.05, 0) is 50.4 Å². The maximum Gasteiger partial charge on any atom is 0.0325 e. The van der Waals surface area contributed by atoms with Crippen LogP contribution in [0, 0.1) is 19.3 Å². The fourth-order valence-electron chi connectivity index (χ4n) is 2.22. The summed E-state index contributed by atoms with van der Waals surface area (Å²) in [4.78, 5) is 0. The van der Waals surface area contributed by atoms with Crippen molar-refractivity contribution in [3.8, 4) is 0 Å². The minimum Gasteiger partial charge on any atom is -0.330 e. The lowest BCUT2D eigenvalue weighted by atomic mass is 9.82. The molecular formula is C15H26N2. The van der Waals surface area contributed by atoms with Crippen molar-refractivity contribution in [2.24, 2.45) is 11.1 Å². The molecule has 1 unspecified atom stereocenters. The van der Waals surface area contributed by atoms with Crippen molar-refractivity contribution in [2.75, 3.05) is 13.6 Å². The molecule has 1 aromatic rings. The lowest BCUT2D eigenvalue weighted by Crippen LogP contribution is -2.30. The molecule has 0 amide bonds. The smallest absolute Gasteiger partial charge is 0.0325 e. The molecule has 0 aliphatic heterocycles. The largest absolute Gasteiger partial charge is 0.330 e. The molecule has 0 aliphatic carbocycles. The number of hydrogen-bond donors (Lipinski definition) is 2. The quantitative estimate of drug-likeness (QED) is 0.822. The zero-order chi connectivity index (χ0) is 13.1. The van der Waals surface area contributed by atoms with Crippen LogP contribution in [0.1, 0.15) is 43.0 Å². The SMILES string of the molecule is CNC(CC(C)(C)CN)c1ccc(C)cc1C. The van der Waals surface area contributed by atoms with Gasteiger partial charge < -0.3 is 11.1 Å². The van der Waals surface area contributed by atoms with Crippen LogP contribution in [0.3, 0.4) is 0 Å². The van der Waals surface area contributed by atoms with Gasteiger partial charge in [-0.1, -0.05) is 37.6 Å². The molecule has 0 fully saturated rings. The fourth-order valence-corrected chi connectivity index (χ4v) is 2.22. The zero-order valence-electron chi connectivity index (χ0n) is 11.8. The number of rotatable bonds is 5. The van der Waals surface area contributed by atoms with E-state index in [1.54, 1.807) is 0 Å². The molecule has 2 heteroatoms. The Bertz CT molecular complexity index is 369. The second-order valence-electron chi connectivity index (χ2n) is 5.77. The van der Waals surface area contributed by atoms with E-state index in [0.29, 0.717) is 6.04 Å². The lowest BCUT2D eigenvalue weighted by Gasteiger charge is -2.29. The van der Waals surface area contributed by atoms with Gasteiger partial charge in [0.1, 0.15) is 0 Å². The summed E-state index contributed by atoms with van der Waals surface area (Å²) in [5, 5.41) is 3.41. The van der Waals surface area contributed by atoms with Crippen LogP contribution in [0.25, 0.3) is 0 Å². The summed E-state index contributed by atoms with van der Waals surface area (Å²) in [6.45, 7) is 9.48. The van der Waals surface area contributed by atoms with Crippen LogP contribution in [0.5, 0.6) is 0 Å². The molecule has 0 saturated heterocycles. The summed E-state index contributed by atoms with van der Waals surface area (Å²) in [6.07, 6.45) is 1.06. The molecule has 0 spiro atoms.